The number of likely N-dealkylation sites (N-methyl/N-ethyl adjacent to an activating group) is 1. The molecule has 0 aromatic heterocycles. The molecule has 2 aromatic carbocycles. The van der Waals surface area contributed by atoms with Crippen molar-refractivity contribution in [2.75, 3.05) is 53.8 Å². The zero-order valence-electron chi connectivity index (χ0n) is 43.2. The summed E-state index contributed by atoms with van der Waals surface area (Å²) >= 11 is 0. The Kier molecular flexibility index (Phi) is 21.5. The molecule has 4 amide bonds. The van der Waals surface area contributed by atoms with Gasteiger partial charge in [0.2, 0.25) is 23.6 Å². The van der Waals surface area contributed by atoms with Gasteiger partial charge in [-0.2, -0.15) is 0 Å². The number of carbonyl (C=O) groups excluding carboxylic acids is 6. The van der Waals surface area contributed by atoms with Gasteiger partial charge < -0.3 is 45.1 Å². The molecule has 5 rings (SSSR count). The minimum absolute atomic E-state index is 0.00461. The molecule has 1 saturated carbocycles. The van der Waals surface area contributed by atoms with Crippen molar-refractivity contribution in [3.63, 3.8) is 0 Å². The van der Waals surface area contributed by atoms with Crippen LogP contribution in [-0.4, -0.2) is 147 Å². The summed E-state index contributed by atoms with van der Waals surface area (Å²) in [5.41, 5.74) is 7.64. The van der Waals surface area contributed by atoms with E-state index in [1.165, 1.54) is 14.2 Å². The smallest absolute Gasteiger partial charge is 0.328 e. The first-order chi connectivity index (χ1) is 33.6. The average Bonchev–Trinajstić information content (AvgIpc) is 4.13. The SMILES string of the molecule is CC[C@H](C)[C@@H]([C@@H](CC(=O)N1CCCC1[C@H](OC)[C@@H](C)C(=O)NC(Cc1ccccc1)C(=O)OC)OC)N(C)C(=O)C(NC(=O)[C@@H]1[C@H]2CC[C@H](C2)N1CCCCCCOc1ccc(C=O)c(N)c1)C(C)C. The quantitative estimate of drug-likeness (QED) is 0.0400. The van der Waals surface area contributed by atoms with Crippen molar-refractivity contribution in [1.82, 2.24) is 25.3 Å². The highest BCUT2D eigenvalue weighted by molar-refractivity contribution is 5.91. The van der Waals surface area contributed by atoms with E-state index in [-0.39, 0.29) is 60.3 Å². The number of methoxy groups -OCH3 is 3. The number of ether oxygens (including phenoxy) is 4. The predicted molar refractivity (Wildman–Crippen MR) is 269 cm³/mol. The van der Waals surface area contributed by atoms with Crippen molar-refractivity contribution in [2.45, 2.75) is 160 Å². The number of nitrogen functional groups attached to an aromatic ring is 1. The Morgan fingerprint density at radius 2 is 1.64 bits per heavy atom. The second-order valence-corrected chi connectivity index (χ2v) is 20.2. The fourth-order valence-electron chi connectivity index (χ4n) is 11.2. The summed E-state index contributed by atoms with van der Waals surface area (Å²) in [7, 11) is 6.15. The fraction of sp³-hybridized carbons (Fsp3) is 0.667. The number of nitrogens with two attached hydrogens (primary N) is 1. The zero-order chi connectivity index (χ0) is 51.1. The van der Waals surface area contributed by atoms with E-state index in [4.69, 9.17) is 24.7 Å². The van der Waals surface area contributed by atoms with Crippen molar-refractivity contribution >= 4 is 41.6 Å². The lowest BCUT2D eigenvalue weighted by Gasteiger charge is -2.41. The maximum Gasteiger partial charge on any atom is 0.328 e. The minimum atomic E-state index is -0.903. The van der Waals surface area contributed by atoms with E-state index in [2.05, 4.69) is 22.5 Å². The number of rotatable bonds is 28. The summed E-state index contributed by atoms with van der Waals surface area (Å²) < 4.78 is 23.0. The topological polar surface area (TPSA) is 199 Å². The number of unbranched alkanes of at least 4 members (excludes halogenated alkanes) is 3. The molecular weight excluding hydrogens is 893 g/mol. The van der Waals surface area contributed by atoms with E-state index in [1.54, 1.807) is 49.1 Å². The van der Waals surface area contributed by atoms with Crippen LogP contribution in [0.15, 0.2) is 48.5 Å². The van der Waals surface area contributed by atoms with Crippen LogP contribution in [0.1, 0.15) is 121 Å². The van der Waals surface area contributed by atoms with Gasteiger partial charge in [0.05, 0.1) is 56.4 Å². The molecule has 0 spiro atoms. The Morgan fingerprint density at radius 3 is 2.29 bits per heavy atom. The third kappa shape index (κ3) is 14.1. The lowest BCUT2D eigenvalue weighted by atomic mass is 9.89. The number of amides is 4. The van der Waals surface area contributed by atoms with Crippen molar-refractivity contribution in [1.29, 1.82) is 0 Å². The average molecular weight is 975 g/mol. The van der Waals surface area contributed by atoms with Gasteiger partial charge in [-0.25, -0.2) is 4.79 Å². The van der Waals surface area contributed by atoms with Crippen molar-refractivity contribution in [3.05, 3.63) is 59.7 Å². The summed E-state index contributed by atoms with van der Waals surface area (Å²) in [5, 5.41) is 6.10. The molecule has 1 aliphatic carbocycles. The number of hydrogen-bond donors (Lipinski definition) is 3. The van der Waals surface area contributed by atoms with Crippen molar-refractivity contribution < 1.29 is 47.7 Å². The van der Waals surface area contributed by atoms with Gasteiger partial charge in [-0.15, -0.1) is 0 Å². The minimum Gasteiger partial charge on any atom is -0.494 e. The number of fused-ring (bicyclic) bond motifs is 2. The van der Waals surface area contributed by atoms with Crippen LogP contribution in [0, 0.1) is 23.7 Å². The lowest BCUT2D eigenvalue weighted by Crippen LogP contribution is -2.60. The van der Waals surface area contributed by atoms with E-state index in [1.807, 2.05) is 51.1 Å². The third-order valence-corrected chi connectivity index (χ3v) is 15.3. The van der Waals surface area contributed by atoms with Gasteiger partial charge in [0.15, 0.2) is 6.29 Å². The summed E-state index contributed by atoms with van der Waals surface area (Å²) in [6.45, 7) is 11.6. The highest BCUT2D eigenvalue weighted by Crippen LogP contribution is 2.43. The molecule has 11 atom stereocenters. The largest absolute Gasteiger partial charge is 0.494 e. The number of likely N-dealkylation sites (tertiary alicyclic amines) is 2. The highest BCUT2D eigenvalue weighted by atomic mass is 16.5. The van der Waals surface area contributed by atoms with Crippen LogP contribution in [0.25, 0.3) is 0 Å². The fourth-order valence-corrected chi connectivity index (χ4v) is 11.2. The second kappa shape index (κ2) is 27.0. The molecule has 388 valence electrons. The Labute approximate surface area is 416 Å². The molecule has 2 saturated heterocycles. The molecule has 2 aliphatic heterocycles. The van der Waals surface area contributed by atoms with E-state index >= 15 is 0 Å². The Bertz CT molecular complexity index is 2040. The Morgan fingerprint density at radius 1 is 0.914 bits per heavy atom. The molecule has 16 heteroatoms. The van der Waals surface area contributed by atoms with Crippen LogP contribution in [0.2, 0.25) is 0 Å². The number of anilines is 1. The van der Waals surface area contributed by atoms with Gasteiger partial charge in [0.25, 0.3) is 0 Å². The molecule has 2 bridgehead atoms. The Balaban J connectivity index is 1.19. The van der Waals surface area contributed by atoms with E-state index in [0.29, 0.717) is 42.6 Å². The number of esters is 1. The lowest BCUT2D eigenvalue weighted by molar-refractivity contribution is -0.149. The van der Waals surface area contributed by atoms with Gasteiger partial charge in [-0.1, -0.05) is 84.2 Å². The highest BCUT2D eigenvalue weighted by Gasteiger charge is 2.50. The Hall–Kier alpha value is -5.06. The molecule has 70 heavy (non-hydrogen) atoms. The van der Waals surface area contributed by atoms with Crippen molar-refractivity contribution in [3.8, 4) is 5.75 Å². The number of hydrogen-bond acceptors (Lipinski definition) is 12. The first-order valence-electron chi connectivity index (χ1n) is 25.7. The zero-order valence-corrected chi connectivity index (χ0v) is 43.2. The number of carbonyl (C=O) groups is 6. The summed E-state index contributed by atoms with van der Waals surface area (Å²) in [5.74, 6) is -1.52. The van der Waals surface area contributed by atoms with E-state index in [9.17, 15) is 28.8 Å². The summed E-state index contributed by atoms with van der Waals surface area (Å²) in [4.78, 5) is 87.0. The summed E-state index contributed by atoms with van der Waals surface area (Å²) in [6, 6.07) is 12.0. The second-order valence-electron chi connectivity index (χ2n) is 20.2. The number of nitrogens with zero attached hydrogens (tertiary/aromatic N) is 3. The van der Waals surface area contributed by atoms with Crippen LogP contribution in [0.5, 0.6) is 5.75 Å². The van der Waals surface area contributed by atoms with Crippen LogP contribution in [-0.2, 0) is 44.6 Å². The molecule has 3 fully saturated rings. The number of nitrogens with one attached hydrogen (secondary N) is 2. The molecule has 3 aliphatic rings. The normalized spacial score (nSPS) is 21.8. The molecule has 16 nitrogen and oxygen atoms in total. The molecular formula is C54H82N6O10. The number of aldehydes is 1. The standard InChI is InChI=1S/C54H82N6O10/c1-10-35(4)48(45(67-7)32-46(62)60-27-18-21-44(60)50(68-8)36(5)51(63)56-43(54(66)69-9)29-37-19-14-13-15-20-37)58(6)53(65)47(34(2)3)57-52(64)49-38-22-24-40(30-38)59(49)26-16-11-12-17-28-70-41-25-23-39(33-61)42(55)31-41/h13-15,19-20,23,25,31,33-36,38,40,43-45,47-50H,10-12,16-18,21-22,24,26-30,32,55H2,1-9H3,(H,56,63)(H,57,64)/t35-,36+,38-,40+,43?,44?,45+,47?,48-,49-,50+/m0/s1. The first-order valence-corrected chi connectivity index (χ1v) is 25.7. The molecule has 3 unspecified atom stereocenters. The molecule has 0 radical (unpaired) electrons. The van der Waals surface area contributed by atoms with Crippen molar-refractivity contribution in [2.24, 2.45) is 23.7 Å². The predicted octanol–water partition coefficient (Wildman–Crippen LogP) is 5.84. The molecule has 2 heterocycles. The van der Waals surface area contributed by atoms with Gasteiger partial charge in [-0.3, -0.25) is 28.9 Å². The number of piperidine rings is 1. The molecule has 2 aromatic rings. The van der Waals surface area contributed by atoms with E-state index < -0.39 is 48.3 Å². The summed E-state index contributed by atoms with van der Waals surface area (Å²) in [6.07, 6.45) is 8.56. The van der Waals surface area contributed by atoms with Gasteiger partial charge >= 0.3 is 5.97 Å². The van der Waals surface area contributed by atoms with Crippen LogP contribution in [0.4, 0.5) is 5.69 Å². The molecule has 4 N–H and O–H groups in total. The van der Waals surface area contributed by atoms with Crippen LogP contribution < -0.4 is 21.1 Å². The number of benzene rings is 2. The van der Waals surface area contributed by atoms with Gasteiger partial charge in [0.1, 0.15) is 17.8 Å². The van der Waals surface area contributed by atoms with Gasteiger partial charge in [0, 0.05) is 57.6 Å². The third-order valence-electron chi connectivity index (χ3n) is 15.3. The maximum atomic E-state index is 14.7. The van der Waals surface area contributed by atoms with Crippen LogP contribution >= 0.6 is 0 Å². The first kappa shape index (κ1) is 55.9. The van der Waals surface area contributed by atoms with Gasteiger partial charge in [-0.05, 0) is 86.9 Å². The maximum absolute atomic E-state index is 14.7. The van der Waals surface area contributed by atoms with Crippen LogP contribution in [0.3, 0.4) is 0 Å². The monoisotopic (exact) mass is 975 g/mol. The van der Waals surface area contributed by atoms with E-state index in [0.717, 1.165) is 76.2 Å².